The van der Waals surface area contributed by atoms with Crippen LogP contribution >= 0.6 is 11.6 Å². The maximum Gasteiger partial charge on any atom is 0.342 e. The van der Waals surface area contributed by atoms with Gasteiger partial charge in [0.15, 0.2) is 0 Å². The van der Waals surface area contributed by atoms with Gasteiger partial charge >= 0.3 is 5.69 Å². The molecule has 0 spiro atoms. The van der Waals surface area contributed by atoms with Gasteiger partial charge in [0, 0.05) is 5.56 Å². The molecule has 0 atom stereocenters. The molecule has 114 valence electrons. The molecule has 8 nitrogen and oxygen atoms in total. The molecule has 3 N–H and O–H groups in total. The lowest BCUT2D eigenvalue weighted by atomic mass is 10.2. The van der Waals surface area contributed by atoms with Crippen molar-refractivity contribution >= 4 is 23.7 Å². The molecule has 2 aromatic rings. The van der Waals surface area contributed by atoms with Crippen LogP contribution in [-0.2, 0) is 11.2 Å². The Hall–Kier alpha value is -2.81. The van der Waals surface area contributed by atoms with Gasteiger partial charge in [0.05, 0.1) is 17.7 Å². The SMILES string of the molecule is O=C(Cc1n[nH]c(=O)[nH]c1=O)N/N=C/c1c(F)cccc1Cl. The smallest absolute Gasteiger partial charge is 0.273 e. The van der Waals surface area contributed by atoms with Gasteiger partial charge in [0.2, 0.25) is 5.91 Å². The van der Waals surface area contributed by atoms with Crippen LogP contribution in [0.1, 0.15) is 11.3 Å². The van der Waals surface area contributed by atoms with Gasteiger partial charge in [-0.1, -0.05) is 17.7 Å². The fourth-order valence-corrected chi connectivity index (χ4v) is 1.70. The number of amides is 1. The van der Waals surface area contributed by atoms with E-state index >= 15 is 0 Å². The second-order valence-corrected chi connectivity index (χ2v) is 4.47. The van der Waals surface area contributed by atoms with Crippen LogP contribution < -0.4 is 16.7 Å². The highest BCUT2D eigenvalue weighted by atomic mass is 35.5. The van der Waals surface area contributed by atoms with Gasteiger partial charge in [-0.3, -0.25) is 14.6 Å². The quantitative estimate of drug-likeness (QED) is 0.539. The third-order valence-corrected chi connectivity index (χ3v) is 2.82. The fourth-order valence-electron chi connectivity index (χ4n) is 1.49. The lowest BCUT2D eigenvalue weighted by Gasteiger charge is -2.00. The number of carbonyl (C=O) groups is 1. The molecule has 0 aliphatic carbocycles. The van der Waals surface area contributed by atoms with Crippen LogP contribution in [0.5, 0.6) is 0 Å². The molecule has 1 amide bonds. The number of nitrogens with one attached hydrogen (secondary N) is 3. The molecule has 0 unspecified atom stereocenters. The van der Waals surface area contributed by atoms with Crippen LogP contribution in [0.15, 0.2) is 32.9 Å². The molecule has 1 aromatic heterocycles. The molecule has 0 radical (unpaired) electrons. The second kappa shape index (κ2) is 6.76. The minimum absolute atomic E-state index is 0.0180. The summed E-state index contributed by atoms with van der Waals surface area (Å²) < 4.78 is 13.4. The highest BCUT2D eigenvalue weighted by molar-refractivity contribution is 6.33. The Morgan fingerprint density at radius 3 is 2.91 bits per heavy atom. The lowest BCUT2D eigenvalue weighted by molar-refractivity contribution is -0.120. The molecule has 0 saturated carbocycles. The standard InChI is InChI=1S/C12H9ClFN5O3/c13-7-2-1-3-8(14)6(7)5-15-18-10(20)4-9-11(21)16-12(22)19-17-9/h1-3,5H,4H2,(H,18,20)(H2,16,19,21,22)/b15-5+. The van der Waals surface area contributed by atoms with E-state index in [1.54, 1.807) is 0 Å². The van der Waals surface area contributed by atoms with Gasteiger partial charge in [-0.2, -0.15) is 10.2 Å². The highest BCUT2D eigenvalue weighted by Crippen LogP contribution is 2.16. The summed E-state index contributed by atoms with van der Waals surface area (Å²) >= 11 is 5.78. The Morgan fingerprint density at radius 1 is 1.45 bits per heavy atom. The average molecular weight is 326 g/mol. The summed E-state index contributed by atoms with van der Waals surface area (Å²) in [6.45, 7) is 0. The Bertz CT molecular complexity index is 825. The van der Waals surface area contributed by atoms with E-state index in [0.717, 1.165) is 6.21 Å². The first-order valence-electron chi connectivity index (χ1n) is 5.91. The van der Waals surface area contributed by atoms with E-state index in [-0.39, 0.29) is 16.3 Å². The molecule has 22 heavy (non-hydrogen) atoms. The van der Waals surface area contributed by atoms with E-state index in [9.17, 15) is 18.8 Å². The minimum Gasteiger partial charge on any atom is -0.273 e. The number of hydrazone groups is 1. The van der Waals surface area contributed by atoms with Crippen molar-refractivity contribution in [3.8, 4) is 0 Å². The van der Waals surface area contributed by atoms with E-state index < -0.39 is 29.4 Å². The zero-order chi connectivity index (χ0) is 16.1. The molecule has 2 rings (SSSR count). The first-order valence-corrected chi connectivity index (χ1v) is 6.29. The molecule has 0 saturated heterocycles. The number of benzene rings is 1. The zero-order valence-electron chi connectivity index (χ0n) is 10.9. The summed E-state index contributed by atoms with van der Waals surface area (Å²) in [5, 5.41) is 9.12. The number of nitrogens with zero attached hydrogens (tertiary/aromatic N) is 2. The number of halogens is 2. The fraction of sp³-hybridized carbons (Fsp3) is 0.0833. The maximum absolute atomic E-state index is 13.4. The minimum atomic E-state index is -0.778. The Kier molecular flexibility index (Phi) is 4.79. The van der Waals surface area contributed by atoms with Crippen LogP contribution in [0, 0.1) is 5.82 Å². The number of H-pyrrole nitrogens is 2. The van der Waals surface area contributed by atoms with E-state index in [1.807, 2.05) is 10.1 Å². The van der Waals surface area contributed by atoms with Crippen molar-refractivity contribution in [1.29, 1.82) is 0 Å². The second-order valence-electron chi connectivity index (χ2n) is 4.06. The van der Waals surface area contributed by atoms with Crippen LogP contribution in [0.4, 0.5) is 4.39 Å². The summed E-state index contributed by atoms with van der Waals surface area (Å²) in [6, 6.07) is 4.10. The molecule has 0 bridgehead atoms. The molecule has 1 heterocycles. The topological polar surface area (TPSA) is 120 Å². The summed E-state index contributed by atoms with van der Waals surface area (Å²) in [5.74, 6) is -1.27. The van der Waals surface area contributed by atoms with Crippen molar-refractivity contribution in [2.45, 2.75) is 6.42 Å². The third kappa shape index (κ3) is 3.85. The largest absolute Gasteiger partial charge is 0.342 e. The Balaban J connectivity index is 2.02. The van der Waals surface area contributed by atoms with Gasteiger partial charge < -0.3 is 0 Å². The van der Waals surface area contributed by atoms with Gasteiger partial charge in [0.1, 0.15) is 11.5 Å². The number of rotatable bonds is 4. The van der Waals surface area contributed by atoms with Crippen molar-refractivity contribution in [2.75, 3.05) is 0 Å². The summed E-state index contributed by atoms with van der Waals surface area (Å²) in [4.78, 5) is 35.6. The molecule has 10 heteroatoms. The number of aromatic amines is 2. The van der Waals surface area contributed by atoms with Gasteiger partial charge in [-0.15, -0.1) is 0 Å². The lowest BCUT2D eigenvalue weighted by Crippen LogP contribution is -2.31. The number of aromatic nitrogens is 3. The number of hydrogen-bond acceptors (Lipinski definition) is 5. The van der Waals surface area contributed by atoms with Gasteiger partial charge in [0.25, 0.3) is 5.56 Å². The summed E-state index contributed by atoms with van der Waals surface area (Å²) in [7, 11) is 0. The summed E-state index contributed by atoms with van der Waals surface area (Å²) in [5.41, 5.74) is 0.376. The van der Waals surface area contributed by atoms with Crippen LogP contribution in [-0.4, -0.2) is 27.3 Å². The van der Waals surface area contributed by atoms with Crippen molar-refractivity contribution in [3.05, 3.63) is 61.1 Å². The van der Waals surface area contributed by atoms with Crippen molar-refractivity contribution in [2.24, 2.45) is 5.10 Å². The highest BCUT2D eigenvalue weighted by Gasteiger charge is 2.09. The molecular weight excluding hydrogens is 317 g/mol. The monoisotopic (exact) mass is 325 g/mol. The maximum atomic E-state index is 13.4. The van der Waals surface area contributed by atoms with Crippen molar-refractivity contribution < 1.29 is 9.18 Å². The number of hydrogen-bond donors (Lipinski definition) is 3. The molecule has 0 fully saturated rings. The Morgan fingerprint density at radius 2 is 2.23 bits per heavy atom. The number of carbonyl (C=O) groups excluding carboxylic acids is 1. The first kappa shape index (κ1) is 15.6. The predicted molar refractivity (Wildman–Crippen MR) is 76.3 cm³/mol. The molecule has 0 aliphatic rings. The van der Waals surface area contributed by atoms with Gasteiger partial charge in [-0.05, 0) is 12.1 Å². The van der Waals surface area contributed by atoms with E-state index in [0.29, 0.717) is 0 Å². The molecular formula is C12H9ClFN5O3. The van der Waals surface area contributed by atoms with Crippen LogP contribution in [0.3, 0.4) is 0 Å². The Labute approximate surface area is 127 Å². The summed E-state index contributed by atoms with van der Waals surface area (Å²) in [6.07, 6.45) is 0.633. The molecule has 1 aromatic carbocycles. The van der Waals surface area contributed by atoms with Crippen LogP contribution in [0.2, 0.25) is 5.02 Å². The zero-order valence-corrected chi connectivity index (χ0v) is 11.6. The van der Waals surface area contributed by atoms with E-state index in [2.05, 4.69) is 15.6 Å². The van der Waals surface area contributed by atoms with Gasteiger partial charge in [-0.25, -0.2) is 19.7 Å². The average Bonchev–Trinajstić information content (AvgIpc) is 2.45. The molecule has 0 aliphatic heterocycles. The van der Waals surface area contributed by atoms with E-state index in [4.69, 9.17) is 11.6 Å². The third-order valence-electron chi connectivity index (χ3n) is 2.49. The van der Waals surface area contributed by atoms with Crippen molar-refractivity contribution in [1.82, 2.24) is 20.6 Å². The van der Waals surface area contributed by atoms with Crippen LogP contribution in [0.25, 0.3) is 0 Å². The predicted octanol–water partition coefficient (Wildman–Crippen LogP) is -0.0565. The first-order chi connectivity index (χ1) is 10.5. The van der Waals surface area contributed by atoms with Crippen molar-refractivity contribution in [3.63, 3.8) is 0 Å². The normalized spacial score (nSPS) is 10.8. The van der Waals surface area contributed by atoms with E-state index in [1.165, 1.54) is 18.2 Å².